The normalized spacial score (nSPS) is 17.9. The Labute approximate surface area is 114 Å². The minimum Gasteiger partial charge on any atom is -0.406 e. The quantitative estimate of drug-likeness (QED) is 0.864. The number of quaternary nitrogens is 1. The second-order valence-corrected chi connectivity index (χ2v) is 6.23. The van der Waals surface area contributed by atoms with Crippen molar-refractivity contribution in [1.29, 1.82) is 0 Å². The monoisotopic (exact) mass is 311 g/mol. The Morgan fingerprint density at radius 1 is 1.10 bits per heavy atom. The molecule has 112 valence electrons. The van der Waals surface area contributed by atoms with E-state index < -0.39 is 22.1 Å². The van der Waals surface area contributed by atoms with E-state index in [0.717, 1.165) is 24.3 Å². The lowest BCUT2D eigenvalue weighted by atomic mass is 10.3. The molecule has 0 bridgehead atoms. The number of hydrogen-bond acceptors (Lipinski definition) is 3. The fourth-order valence-electron chi connectivity index (χ4n) is 1.93. The van der Waals surface area contributed by atoms with Gasteiger partial charge in [0.25, 0.3) is 0 Å². The largest absolute Gasteiger partial charge is 0.573 e. The van der Waals surface area contributed by atoms with Crippen LogP contribution in [0.2, 0.25) is 0 Å². The number of halogens is 3. The van der Waals surface area contributed by atoms with Crippen molar-refractivity contribution < 1.29 is 31.6 Å². The highest BCUT2D eigenvalue weighted by Gasteiger charge is 2.32. The smallest absolute Gasteiger partial charge is 0.406 e. The average Bonchev–Trinajstić information content (AvgIpc) is 2.38. The van der Waals surface area contributed by atoms with Gasteiger partial charge < -0.3 is 10.1 Å². The van der Waals surface area contributed by atoms with Gasteiger partial charge in [0, 0.05) is 0 Å². The molecule has 1 aromatic rings. The Hall–Kier alpha value is -1.32. The van der Waals surface area contributed by atoms with Crippen molar-refractivity contribution in [3.8, 4) is 5.75 Å². The predicted octanol–water partition coefficient (Wildman–Crippen LogP) is 0.153. The van der Waals surface area contributed by atoms with E-state index in [2.05, 4.69) is 4.74 Å². The summed E-state index contributed by atoms with van der Waals surface area (Å²) in [5.74, 6) is -0.441. The van der Waals surface area contributed by atoms with Crippen molar-refractivity contribution in [2.45, 2.75) is 11.3 Å². The standard InChI is InChI=1S/C11H13F3N2O3S/c12-11(13,14)19-9-1-3-10(4-2-9)20(17,18)16-7-5-15-6-8-16/h1-4,15H,5-8H2/p+1. The second-order valence-electron chi connectivity index (χ2n) is 4.29. The number of ether oxygens (including phenoxy) is 1. The molecule has 2 rings (SSSR count). The zero-order valence-electron chi connectivity index (χ0n) is 10.4. The number of rotatable bonds is 3. The van der Waals surface area contributed by atoms with Gasteiger partial charge in [-0.1, -0.05) is 0 Å². The van der Waals surface area contributed by atoms with Crippen LogP contribution in [-0.4, -0.2) is 45.3 Å². The molecule has 5 nitrogen and oxygen atoms in total. The number of sulfonamides is 1. The minimum absolute atomic E-state index is 0.0334. The van der Waals surface area contributed by atoms with E-state index in [9.17, 15) is 21.6 Å². The van der Waals surface area contributed by atoms with Gasteiger partial charge in [0.1, 0.15) is 5.75 Å². The lowest BCUT2D eigenvalue weighted by Crippen LogP contribution is -2.89. The van der Waals surface area contributed by atoms with Gasteiger partial charge in [-0.15, -0.1) is 13.2 Å². The Bertz CT molecular complexity index is 551. The highest BCUT2D eigenvalue weighted by Crippen LogP contribution is 2.24. The van der Waals surface area contributed by atoms with Crippen LogP contribution in [0.4, 0.5) is 13.2 Å². The summed E-state index contributed by atoms with van der Waals surface area (Å²) < 4.78 is 65.5. The van der Waals surface area contributed by atoms with Crippen LogP contribution in [0.15, 0.2) is 29.2 Å². The molecule has 2 N–H and O–H groups in total. The Kier molecular flexibility index (Phi) is 4.21. The van der Waals surface area contributed by atoms with E-state index in [1.165, 1.54) is 4.31 Å². The van der Waals surface area contributed by atoms with Crippen molar-refractivity contribution >= 4 is 10.0 Å². The summed E-state index contributed by atoms with van der Waals surface area (Å²) >= 11 is 0. The third-order valence-electron chi connectivity index (χ3n) is 2.86. The van der Waals surface area contributed by atoms with Gasteiger partial charge >= 0.3 is 6.36 Å². The first-order valence-corrected chi connectivity index (χ1v) is 7.41. The predicted molar refractivity (Wildman–Crippen MR) is 63.5 cm³/mol. The lowest BCUT2D eigenvalue weighted by Gasteiger charge is -2.24. The molecule has 0 amide bonds. The maximum atomic E-state index is 12.2. The molecule has 0 atom stereocenters. The fraction of sp³-hybridized carbons (Fsp3) is 0.455. The average molecular weight is 311 g/mol. The zero-order valence-corrected chi connectivity index (χ0v) is 11.2. The van der Waals surface area contributed by atoms with Crippen LogP contribution in [0.1, 0.15) is 0 Å². The summed E-state index contributed by atoms with van der Waals surface area (Å²) in [5.41, 5.74) is 0. The van der Waals surface area contributed by atoms with Gasteiger partial charge in [0.05, 0.1) is 31.1 Å². The molecule has 0 spiro atoms. The summed E-state index contributed by atoms with van der Waals surface area (Å²) in [4.78, 5) is -0.0334. The highest BCUT2D eigenvalue weighted by molar-refractivity contribution is 7.89. The SMILES string of the molecule is O=S(=O)(c1ccc(OC(F)(F)F)cc1)N1CC[NH2+]CC1. The number of benzene rings is 1. The van der Waals surface area contributed by atoms with Crippen LogP contribution in [0.25, 0.3) is 0 Å². The molecule has 0 radical (unpaired) electrons. The van der Waals surface area contributed by atoms with Crippen LogP contribution < -0.4 is 10.1 Å². The Morgan fingerprint density at radius 3 is 2.15 bits per heavy atom. The van der Waals surface area contributed by atoms with Gasteiger partial charge in [-0.05, 0) is 24.3 Å². The summed E-state index contributed by atoms with van der Waals surface area (Å²) in [7, 11) is -3.65. The van der Waals surface area contributed by atoms with Gasteiger partial charge in [-0.25, -0.2) is 8.42 Å². The van der Waals surface area contributed by atoms with E-state index in [-0.39, 0.29) is 4.90 Å². The molecule has 1 aliphatic heterocycles. The molecule has 1 saturated heterocycles. The highest BCUT2D eigenvalue weighted by atomic mass is 32.2. The van der Waals surface area contributed by atoms with E-state index in [4.69, 9.17) is 0 Å². The molecule has 9 heteroatoms. The molecular weight excluding hydrogens is 297 g/mol. The van der Waals surface area contributed by atoms with Gasteiger partial charge in [-0.3, -0.25) is 0 Å². The molecule has 1 aliphatic rings. The number of alkyl halides is 3. The van der Waals surface area contributed by atoms with E-state index in [1.807, 2.05) is 5.32 Å². The van der Waals surface area contributed by atoms with Crippen molar-refractivity contribution in [3.63, 3.8) is 0 Å². The minimum atomic E-state index is -4.79. The summed E-state index contributed by atoms with van der Waals surface area (Å²) in [6.07, 6.45) is -4.79. The molecule has 1 heterocycles. The van der Waals surface area contributed by atoms with Gasteiger partial charge in [0.2, 0.25) is 10.0 Å². The third kappa shape index (κ3) is 3.62. The van der Waals surface area contributed by atoms with Crippen LogP contribution >= 0.6 is 0 Å². The van der Waals surface area contributed by atoms with Crippen LogP contribution in [0.3, 0.4) is 0 Å². The second kappa shape index (κ2) is 5.58. The molecule has 1 aromatic carbocycles. The van der Waals surface area contributed by atoms with Crippen molar-refractivity contribution in [1.82, 2.24) is 4.31 Å². The molecule has 0 aliphatic carbocycles. The molecular formula is C11H14F3N2O3S+. The van der Waals surface area contributed by atoms with E-state index >= 15 is 0 Å². The first-order valence-electron chi connectivity index (χ1n) is 5.97. The number of hydrogen-bond donors (Lipinski definition) is 1. The first-order chi connectivity index (χ1) is 9.29. The van der Waals surface area contributed by atoms with Gasteiger partial charge in [-0.2, -0.15) is 4.31 Å². The van der Waals surface area contributed by atoms with Gasteiger partial charge in [0.15, 0.2) is 0 Å². The number of nitrogens with two attached hydrogens (primary N) is 1. The Balaban J connectivity index is 2.16. The van der Waals surface area contributed by atoms with Crippen LogP contribution in [0, 0.1) is 0 Å². The molecule has 0 saturated carbocycles. The zero-order chi connectivity index (χ0) is 14.8. The summed E-state index contributed by atoms with van der Waals surface area (Å²) in [6, 6.07) is 4.23. The summed E-state index contributed by atoms with van der Waals surface area (Å²) in [6.45, 7) is 2.13. The molecule has 1 fully saturated rings. The van der Waals surface area contributed by atoms with Crippen LogP contribution in [-0.2, 0) is 10.0 Å². The number of piperazine rings is 1. The molecule has 0 aromatic heterocycles. The van der Waals surface area contributed by atoms with E-state index in [1.54, 1.807) is 0 Å². The number of nitrogens with zero attached hydrogens (tertiary/aromatic N) is 1. The third-order valence-corrected chi connectivity index (χ3v) is 4.77. The maximum absolute atomic E-state index is 12.2. The van der Waals surface area contributed by atoms with Crippen molar-refractivity contribution in [2.75, 3.05) is 26.2 Å². The van der Waals surface area contributed by atoms with E-state index in [0.29, 0.717) is 26.2 Å². The fourth-order valence-corrected chi connectivity index (χ4v) is 3.40. The lowest BCUT2D eigenvalue weighted by molar-refractivity contribution is -0.661. The van der Waals surface area contributed by atoms with Crippen molar-refractivity contribution in [2.24, 2.45) is 0 Å². The molecule has 0 unspecified atom stereocenters. The maximum Gasteiger partial charge on any atom is 0.573 e. The Morgan fingerprint density at radius 2 is 1.65 bits per heavy atom. The van der Waals surface area contributed by atoms with Crippen molar-refractivity contribution in [3.05, 3.63) is 24.3 Å². The van der Waals surface area contributed by atoms with Crippen LogP contribution in [0.5, 0.6) is 5.75 Å². The summed E-state index contributed by atoms with van der Waals surface area (Å²) in [5, 5.41) is 2.01. The first kappa shape index (κ1) is 15.1. The molecule has 20 heavy (non-hydrogen) atoms. The topological polar surface area (TPSA) is 63.2 Å².